The predicted molar refractivity (Wildman–Crippen MR) is 170 cm³/mol. The Hall–Kier alpha value is -2.55. The maximum atomic E-state index is 13.7. The van der Waals surface area contributed by atoms with Crippen molar-refractivity contribution in [2.75, 3.05) is 25.1 Å². The van der Waals surface area contributed by atoms with Gasteiger partial charge in [0.25, 0.3) is 5.91 Å². The number of sulfonamides is 1. The van der Waals surface area contributed by atoms with Crippen molar-refractivity contribution in [1.29, 1.82) is 0 Å². The molecule has 0 radical (unpaired) electrons. The van der Waals surface area contributed by atoms with Crippen molar-refractivity contribution in [1.82, 2.24) is 4.72 Å². The van der Waals surface area contributed by atoms with Crippen LogP contribution in [0, 0.1) is 23.7 Å². The van der Waals surface area contributed by atoms with Crippen LogP contribution in [-0.4, -0.2) is 45.9 Å². The third-order valence-corrected chi connectivity index (χ3v) is 12.2. The van der Waals surface area contributed by atoms with E-state index >= 15 is 0 Å². The molecule has 2 saturated carbocycles. The second-order valence-corrected chi connectivity index (χ2v) is 15.2. The van der Waals surface area contributed by atoms with Crippen molar-refractivity contribution in [2.45, 2.75) is 76.3 Å². The maximum absolute atomic E-state index is 13.7. The molecule has 1 amide bonds. The summed E-state index contributed by atoms with van der Waals surface area (Å²) in [6.07, 6.45) is 11.7. The quantitative estimate of drug-likeness (QED) is 0.381. The van der Waals surface area contributed by atoms with Gasteiger partial charge in [-0.2, -0.15) is 0 Å². The fourth-order valence-electron chi connectivity index (χ4n) is 7.28. The molecule has 2 aromatic rings. The Morgan fingerprint density at radius 2 is 1.84 bits per heavy atom. The highest BCUT2D eigenvalue weighted by molar-refractivity contribution is 7.90. The van der Waals surface area contributed by atoms with Crippen molar-refractivity contribution in [3.05, 3.63) is 70.3 Å². The number of allylic oxidation sites excluding steroid dienone is 1. The number of methoxy groups -OCH3 is 1. The number of anilines is 1. The molecule has 2 fully saturated rings. The molecule has 2 aromatic carbocycles. The van der Waals surface area contributed by atoms with Crippen LogP contribution in [0.4, 0.5) is 5.69 Å². The Kier molecular flexibility index (Phi) is 9.09. The van der Waals surface area contributed by atoms with Crippen molar-refractivity contribution in [3.8, 4) is 5.75 Å². The number of rotatable bonds is 2. The fraction of sp³-hybridized carbons (Fsp3) is 0.559. The third kappa shape index (κ3) is 6.76. The Morgan fingerprint density at radius 1 is 1.02 bits per heavy atom. The minimum absolute atomic E-state index is 0.0141. The number of hydrogen-bond acceptors (Lipinski definition) is 6. The number of halogens is 1. The Balaban J connectivity index is 1.39. The zero-order valence-corrected chi connectivity index (χ0v) is 26.7. The molecule has 2 aliphatic heterocycles. The number of nitrogens with zero attached hydrogens (tertiary/aromatic N) is 1. The number of fused-ring (bicyclic) bond motifs is 3. The molecule has 2 aliphatic carbocycles. The van der Waals surface area contributed by atoms with Crippen LogP contribution < -0.4 is 14.4 Å². The van der Waals surface area contributed by atoms with Crippen molar-refractivity contribution in [3.63, 3.8) is 0 Å². The van der Waals surface area contributed by atoms with Gasteiger partial charge in [-0.25, -0.2) is 13.1 Å². The first-order chi connectivity index (χ1) is 20.7. The number of nitrogens with one attached hydrogen (secondary N) is 1. The van der Waals surface area contributed by atoms with Crippen LogP contribution in [-0.2, 0) is 27.8 Å². The summed E-state index contributed by atoms with van der Waals surface area (Å²) < 4.78 is 42.2. The van der Waals surface area contributed by atoms with Crippen LogP contribution in [0.15, 0.2) is 48.6 Å². The molecule has 0 aromatic heterocycles. The van der Waals surface area contributed by atoms with Gasteiger partial charge >= 0.3 is 0 Å². The van der Waals surface area contributed by atoms with E-state index in [0.717, 1.165) is 74.3 Å². The lowest BCUT2D eigenvalue weighted by atomic mass is 9.70. The first kappa shape index (κ1) is 30.5. The van der Waals surface area contributed by atoms with Crippen LogP contribution in [0.2, 0.25) is 5.02 Å². The summed E-state index contributed by atoms with van der Waals surface area (Å²) in [7, 11) is -2.11. The van der Waals surface area contributed by atoms with Gasteiger partial charge < -0.3 is 14.4 Å². The normalized spacial score (nSPS) is 30.3. The van der Waals surface area contributed by atoms with Crippen molar-refractivity contribution in [2.24, 2.45) is 23.7 Å². The van der Waals surface area contributed by atoms with E-state index in [1.54, 1.807) is 13.2 Å². The van der Waals surface area contributed by atoms with E-state index < -0.39 is 21.2 Å². The number of carbonyl (C=O) groups is 1. The molecule has 4 aliphatic rings. The predicted octanol–water partition coefficient (Wildman–Crippen LogP) is 6.54. The molecule has 0 saturated heterocycles. The molecular weight excluding hydrogens is 584 g/mol. The number of hydrogen-bond donors (Lipinski definition) is 1. The molecular formula is C34H43ClN2O5S. The van der Waals surface area contributed by atoms with Gasteiger partial charge in [0.05, 0.1) is 17.0 Å². The fourth-order valence-corrected chi connectivity index (χ4v) is 9.49. The maximum Gasteiger partial charge on any atom is 0.264 e. The first-order valence-electron chi connectivity index (χ1n) is 15.8. The lowest BCUT2D eigenvalue weighted by molar-refractivity contribution is 0.0134. The Morgan fingerprint density at radius 3 is 2.58 bits per heavy atom. The highest BCUT2D eigenvalue weighted by atomic mass is 35.5. The van der Waals surface area contributed by atoms with Crippen LogP contribution in [0.5, 0.6) is 5.75 Å². The number of amides is 1. The van der Waals surface area contributed by atoms with Crippen LogP contribution in [0.25, 0.3) is 0 Å². The Bertz CT molecular complexity index is 1470. The SMILES string of the molecule is CO[C@H]1/C=C/C[C@H](C)[C@H](C2CC2)S(=O)(=O)NC(=O)c2ccc3c(c2)N(CCCCc2cc(Cl)ccc2CO3)C[C@@H]2CC[C@H]21. The van der Waals surface area contributed by atoms with E-state index in [4.69, 9.17) is 21.1 Å². The van der Waals surface area contributed by atoms with Gasteiger partial charge in [0.15, 0.2) is 0 Å². The average Bonchev–Trinajstić information content (AvgIpc) is 3.79. The lowest BCUT2D eigenvalue weighted by Gasteiger charge is -2.43. The second-order valence-electron chi connectivity index (χ2n) is 12.9. The van der Waals surface area contributed by atoms with E-state index in [1.165, 1.54) is 5.56 Å². The topological polar surface area (TPSA) is 84.9 Å². The standard InChI is InChI=1S/C34H43ClN2O5S/c1-22-6-5-8-31(41-2)29-15-12-26(29)20-37-17-4-3-7-24-18-28(35)14-11-27(24)21-42-32-16-13-25(19-30(32)37)34(38)36-43(39,40)33(22)23-9-10-23/h5,8,11,13-14,16,18-19,22-23,26,29,31,33H,3-4,6-7,9-10,12,15,17,20-21H2,1-2H3,(H,36,38)/b8-5+/t22-,26-,29+,31-,33+/m0/s1. The first-order valence-corrected chi connectivity index (χ1v) is 17.7. The molecule has 1 N–H and O–H groups in total. The van der Waals surface area contributed by atoms with Crippen molar-refractivity contribution >= 4 is 33.2 Å². The second kappa shape index (κ2) is 12.8. The summed E-state index contributed by atoms with van der Waals surface area (Å²) in [5.41, 5.74) is 3.45. The van der Waals surface area contributed by atoms with Crippen molar-refractivity contribution < 1.29 is 22.7 Å². The van der Waals surface area contributed by atoms with Gasteiger partial charge in [-0.05, 0) is 116 Å². The van der Waals surface area contributed by atoms with Crippen LogP contribution in [0.1, 0.15) is 73.4 Å². The van der Waals surface area contributed by atoms with E-state index in [2.05, 4.69) is 21.8 Å². The lowest BCUT2D eigenvalue weighted by Crippen LogP contribution is -2.44. The smallest absolute Gasteiger partial charge is 0.264 e. The summed E-state index contributed by atoms with van der Waals surface area (Å²) in [6.45, 7) is 3.98. The molecule has 5 atom stereocenters. The summed E-state index contributed by atoms with van der Waals surface area (Å²) >= 11 is 6.33. The minimum Gasteiger partial charge on any atom is -0.487 e. The van der Waals surface area contributed by atoms with E-state index in [9.17, 15) is 13.2 Å². The molecule has 232 valence electrons. The molecule has 43 heavy (non-hydrogen) atoms. The summed E-state index contributed by atoms with van der Waals surface area (Å²) in [6, 6.07) is 11.3. The minimum atomic E-state index is -3.88. The highest BCUT2D eigenvalue weighted by Gasteiger charge is 2.44. The Labute approximate surface area is 261 Å². The van der Waals surface area contributed by atoms with Gasteiger partial charge in [0.2, 0.25) is 10.0 Å². The highest BCUT2D eigenvalue weighted by Crippen LogP contribution is 2.43. The average molecular weight is 627 g/mol. The molecule has 2 heterocycles. The number of ether oxygens (including phenoxy) is 2. The van der Waals surface area contributed by atoms with E-state index in [-0.39, 0.29) is 17.9 Å². The molecule has 0 unspecified atom stereocenters. The summed E-state index contributed by atoms with van der Waals surface area (Å²) in [4.78, 5) is 15.9. The number of aryl methyl sites for hydroxylation is 1. The zero-order valence-electron chi connectivity index (χ0n) is 25.1. The number of benzene rings is 2. The molecule has 7 nitrogen and oxygen atoms in total. The molecule has 0 spiro atoms. The molecule has 9 heteroatoms. The van der Waals surface area contributed by atoms with Gasteiger partial charge in [-0.1, -0.05) is 36.7 Å². The van der Waals surface area contributed by atoms with Gasteiger partial charge in [-0.15, -0.1) is 0 Å². The van der Waals surface area contributed by atoms with Gasteiger partial charge in [0.1, 0.15) is 12.4 Å². The van der Waals surface area contributed by atoms with E-state index in [0.29, 0.717) is 36.2 Å². The largest absolute Gasteiger partial charge is 0.487 e. The molecule has 6 rings (SSSR count). The number of carbonyl (C=O) groups excluding carboxylic acids is 1. The molecule has 2 bridgehead atoms. The zero-order chi connectivity index (χ0) is 30.1. The monoisotopic (exact) mass is 626 g/mol. The van der Waals surface area contributed by atoms with Gasteiger partial charge in [-0.3, -0.25) is 4.79 Å². The summed E-state index contributed by atoms with van der Waals surface area (Å²) in [5.74, 6) is 0.880. The van der Waals surface area contributed by atoms with Crippen LogP contribution >= 0.6 is 11.6 Å². The van der Waals surface area contributed by atoms with Crippen LogP contribution in [0.3, 0.4) is 0 Å². The summed E-state index contributed by atoms with van der Waals surface area (Å²) in [5, 5.41) is 0.113. The van der Waals surface area contributed by atoms with E-state index in [1.807, 2.05) is 37.3 Å². The van der Waals surface area contributed by atoms with Gasteiger partial charge in [0, 0.05) is 30.8 Å². The third-order valence-electron chi connectivity index (χ3n) is 9.94.